The van der Waals surface area contributed by atoms with Gasteiger partial charge in [-0.15, -0.1) is 0 Å². The second kappa shape index (κ2) is 8.26. The molecular formula is C22H23NO6. The average Bonchev–Trinajstić information content (AvgIpc) is 2.98. The van der Waals surface area contributed by atoms with Gasteiger partial charge >= 0.3 is 0 Å². The Kier molecular flexibility index (Phi) is 5.77. The van der Waals surface area contributed by atoms with E-state index in [2.05, 4.69) is 0 Å². The number of carbonyl (C=O) groups excluding carboxylic acids is 2. The van der Waals surface area contributed by atoms with Gasteiger partial charge in [-0.2, -0.15) is 0 Å². The maximum atomic E-state index is 12.8. The van der Waals surface area contributed by atoms with Crippen molar-refractivity contribution in [1.82, 2.24) is 4.90 Å². The lowest BCUT2D eigenvalue weighted by Gasteiger charge is -2.25. The van der Waals surface area contributed by atoms with E-state index >= 15 is 0 Å². The van der Waals surface area contributed by atoms with Gasteiger partial charge in [0.05, 0.1) is 25.8 Å². The number of nitrogens with zero attached hydrogens (tertiary/aromatic N) is 1. The lowest BCUT2D eigenvalue weighted by molar-refractivity contribution is -0.139. The molecule has 0 radical (unpaired) electrons. The molecule has 29 heavy (non-hydrogen) atoms. The van der Waals surface area contributed by atoms with Crippen LogP contribution >= 0.6 is 0 Å². The molecule has 1 saturated heterocycles. The van der Waals surface area contributed by atoms with Crippen LogP contribution in [0, 0.1) is 0 Å². The van der Waals surface area contributed by atoms with E-state index < -0.39 is 17.7 Å². The number of aliphatic hydroxyl groups excluding tert-OH is 1. The molecule has 1 aliphatic heterocycles. The maximum Gasteiger partial charge on any atom is 0.295 e. The van der Waals surface area contributed by atoms with E-state index in [0.717, 1.165) is 0 Å². The van der Waals surface area contributed by atoms with Gasteiger partial charge in [0, 0.05) is 12.1 Å². The monoisotopic (exact) mass is 397 g/mol. The zero-order chi connectivity index (χ0) is 21.1. The number of phenols is 1. The van der Waals surface area contributed by atoms with E-state index in [1.165, 1.54) is 25.2 Å². The van der Waals surface area contributed by atoms with Gasteiger partial charge in [-0.05, 0) is 36.2 Å². The Morgan fingerprint density at radius 2 is 1.86 bits per heavy atom. The molecule has 2 N–H and O–H groups in total. The summed E-state index contributed by atoms with van der Waals surface area (Å²) in [7, 11) is 2.93. The van der Waals surface area contributed by atoms with Crippen molar-refractivity contribution in [3.8, 4) is 17.2 Å². The van der Waals surface area contributed by atoms with Crippen molar-refractivity contribution in [2.75, 3.05) is 20.8 Å². The topological polar surface area (TPSA) is 96.3 Å². The Morgan fingerprint density at radius 1 is 1.10 bits per heavy atom. The quantitative estimate of drug-likeness (QED) is 0.441. The van der Waals surface area contributed by atoms with E-state index in [1.54, 1.807) is 36.4 Å². The first-order chi connectivity index (χ1) is 13.9. The number of methoxy groups -OCH3 is 2. The molecule has 1 aliphatic rings. The average molecular weight is 397 g/mol. The minimum atomic E-state index is -0.821. The molecule has 1 atom stereocenters. The number of aromatic hydroxyl groups is 1. The predicted molar refractivity (Wildman–Crippen MR) is 107 cm³/mol. The summed E-state index contributed by atoms with van der Waals surface area (Å²) in [6.45, 7) is 2.22. The fraction of sp³-hybridized carbons (Fsp3) is 0.273. The lowest BCUT2D eigenvalue weighted by atomic mass is 9.95. The summed E-state index contributed by atoms with van der Waals surface area (Å²) in [5.41, 5.74) is 0.836. The molecule has 152 valence electrons. The molecule has 0 aliphatic carbocycles. The predicted octanol–water partition coefficient (Wildman–Crippen LogP) is 3.24. The summed E-state index contributed by atoms with van der Waals surface area (Å²) in [5.74, 6) is -1.07. The Balaban J connectivity index is 2.20. The number of ketones is 1. The molecular weight excluding hydrogens is 374 g/mol. The normalized spacial score (nSPS) is 18.2. The molecule has 7 heteroatoms. The van der Waals surface area contributed by atoms with Crippen molar-refractivity contribution in [2.24, 2.45) is 0 Å². The van der Waals surface area contributed by atoms with Crippen molar-refractivity contribution in [2.45, 2.75) is 19.4 Å². The third-order valence-electron chi connectivity index (χ3n) is 4.87. The zero-order valence-corrected chi connectivity index (χ0v) is 16.5. The smallest absolute Gasteiger partial charge is 0.295 e. The maximum absolute atomic E-state index is 12.8. The van der Waals surface area contributed by atoms with E-state index in [4.69, 9.17) is 9.47 Å². The highest BCUT2D eigenvalue weighted by atomic mass is 16.5. The van der Waals surface area contributed by atoms with Gasteiger partial charge in [-0.25, -0.2) is 0 Å². The van der Waals surface area contributed by atoms with E-state index in [0.29, 0.717) is 29.8 Å². The number of hydrogen-bond acceptors (Lipinski definition) is 6. The minimum absolute atomic E-state index is 0.0266. The Labute approximate surface area is 168 Å². The summed E-state index contributed by atoms with van der Waals surface area (Å²) < 4.78 is 10.3. The van der Waals surface area contributed by atoms with Gasteiger partial charge in [0.1, 0.15) is 11.5 Å². The zero-order valence-electron chi connectivity index (χ0n) is 16.5. The highest BCUT2D eigenvalue weighted by Crippen LogP contribution is 2.41. The molecule has 1 heterocycles. The van der Waals surface area contributed by atoms with Crippen LogP contribution in [0.3, 0.4) is 0 Å². The molecule has 0 bridgehead atoms. The molecule has 1 unspecified atom stereocenters. The Hall–Kier alpha value is -3.48. The van der Waals surface area contributed by atoms with Gasteiger partial charge in [0.2, 0.25) is 0 Å². The summed E-state index contributed by atoms with van der Waals surface area (Å²) in [5, 5.41) is 21.2. The van der Waals surface area contributed by atoms with E-state index in [1.807, 2.05) is 6.92 Å². The standard InChI is InChI=1S/C22H23NO6/c1-4-10-23-19(13-8-9-17(29-3)16(24)12-13)18(21(26)22(23)27)20(25)14-6-5-7-15(11-14)28-2/h5-9,11-12,19,24-25H,4,10H2,1-3H3/b20-18-. The first-order valence-electron chi connectivity index (χ1n) is 9.22. The van der Waals surface area contributed by atoms with Crippen molar-refractivity contribution >= 4 is 17.4 Å². The van der Waals surface area contributed by atoms with Gasteiger partial charge in [0.25, 0.3) is 11.7 Å². The number of phenolic OH excluding ortho intramolecular Hbond substituents is 1. The molecule has 1 amide bonds. The summed E-state index contributed by atoms with van der Waals surface area (Å²) in [6.07, 6.45) is 0.630. The second-order valence-electron chi connectivity index (χ2n) is 6.66. The number of hydrogen-bond donors (Lipinski definition) is 2. The van der Waals surface area contributed by atoms with Crippen LogP contribution in [0.1, 0.15) is 30.5 Å². The fourth-order valence-corrected chi connectivity index (χ4v) is 3.50. The summed E-state index contributed by atoms with van der Waals surface area (Å²) in [6, 6.07) is 10.5. The number of carbonyl (C=O) groups is 2. The largest absolute Gasteiger partial charge is 0.507 e. The summed E-state index contributed by atoms with van der Waals surface area (Å²) in [4.78, 5) is 26.9. The van der Waals surface area contributed by atoms with E-state index in [9.17, 15) is 19.8 Å². The van der Waals surface area contributed by atoms with Crippen LogP contribution in [0.2, 0.25) is 0 Å². The van der Waals surface area contributed by atoms with Crippen molar-refractivity contribution in [3.63, 3.8) is 0 Å². The van der Waals surface area contributed by atoms with Crippen molar-refractivity contribution in [3.05, 3.63) is 59.2 Å². The van der Waals surface area contributed by atoms with Crippen molar-refractivity contribution in [1.29, 1.82) is 0 Å². The molecule has 2 aromatic carbocycles. The van der Waals surface area contributed by atoms with Crippen LogP contribution in [-0.2, 0) is 9.59 Å². The third kappa shape index (κ3) is 3.63. The Morgan fingerprint density at radius 3 is 2.48 bits per heavy atom. The van der Waals surface area contributed by atoms with Gasteiger partial charge in [-0.3, -0.25) is 9.59 Å². The second-order valence-corrected chi connectivity index (χ2v) is 6.66. The third-order valence-corrected chi connectivity index (χ3v) is 4.87. The highest BCUT2D eigenvalue weighted by molar-refractivity contribution is 6.46. The molecule has 1 fully saturated rings. The number of benzene rings is 2. The highest BCUT2D eigenvalue weighted by Gasteiger charge is 2.45. The van der Waals surface area contributed by atoms with Crippen molar-refractivity contribution < 1.29 is 29.3 Å². The van der Waals surface area contributed by atoms with Crippen LogP contribution in [-0.4, -0.2) is 47.6 Å². The number of amides is 1. The molecule has 0 aromatic heterocycles. The number of likely N-dealkylation sites (tertiary alicyclic amines) is 1. The van der Waals surface area contributed by atoms with Crippen LogP contribution in [0.5, 0.6) is 17.2 Å². The Bertz CT molecular complexity index is 981. The van der Waals surface area contributed by atoms with Crippen LogP contribution < -0.4 is 9.47 Å². The molecule has 0 spiro atoms. The first-order valence-corrected chi connectivity index (χ1v) is 9.22. The number of Topliss-reactive ketones (excluding diaryl/α,β-unsaturated/α-hetero) is 1. The van der Waals surface area contributed by atoms with Gasteiger partial charge < -0.3 is 24.6 Å². The molecule has 7 nitrogen and oxygen atoms in total. The lowest BCUT2D eigenvalue weighted by Crippen LogP contribution is -2.30. The molecule has 0 saturated carbocycles. The number of ether oxygens (including phenoxy) is 2. The fourth-order valence-electron chi connectivity index (χ4n) is 3.50. The molecule has 3 rings (SSSR count). The minimum Gasteiger partial charge on any atom is -0.507 e. The van der Waals surface area contributed by atoms with Crippen LogP contribution in [0.4, 0.5) is 0 Å². The van der Waals surface area contributed by atoms with E-state index in [-0.39, 0.29) is 22.8 Å². The SMILES string of the molecule is CCCN1C(=O)C(=O)/C(=C(\O)c2cccc(OC)c2)C1c1ccc(OC)c(O)c1. The van der Waals surface area contributed by atoms with Gasteiger partial charge in [-0.1, -0.05) is 25.1 Å². The first kappa shape index (κ1) is 20.3. The number of aliphatic hydroxyl groups is 1. The van der Waals surface area contributed by atoms with Crippen LogP contribution in [0.25, 0.3) is 5.76 Å². The number of rotatable bonds is 6. The summed E-state index contributed by atoms with van der Waals surface area (Å²) >= 11 is 0. The van der Waals surface area contributed by atoms with Crippen LogP contribution in [0.15, 0.2) is 48.0 Å². The molecule has 2 aromatic rings. The van der Waals surface area contributed by atoms with Gasteiger partial charge in [0.15, 0.2) is 11.5 Å².